The lowest BCUT2D eigenvalue weighted by Gasteiger charge is -2.36. The highest BCUT2D eigenvalue weighted by Crippen LogP contribution is 2.31. The molecule has 3 atom stereocenters. The van der Waals surface area contributed by atoms with E-state index in [0.717, 1.165) is 31.4 Å². The third-order valence-corrected chi connectivity index (χ3v) is 7.91. The van der Waals surface area contributed by atoms with Crippen molar-refractivity contribution in [3.05, 3.63) is 53.6 Å². The van der Waals surface area contributed by atoms with E-state index in [1.165, 1.54) is 24.1 Å². The quantitative estimate of drug-likeness (QED) is 0.491. The Kier molecular flexibility index (Phi) is 9.65. The van der Waals surface area contributed by atoms with Crippen LogP contribution < -0.4 is 15.4 Å². The van der Waals surface area contributed by atoms with Gasteiger partial charge in [0.05, 0.1) is 23.3 Å². The van der Waals surface area contributed by atoms with Crippen molar-refractivity contribution in [1.29, 1.82) is 0 Å². The number of nitrogens with zero attached hydrogens (tertiary/aromatic N) is 2. The fourth-order valence-electron chi connectivity index (χ4n) is 4.99. The van der Waals surface area contributed by atoms with Gasteiger partial charge < -0.3 is 29.9 Å². The maximum Gasteiger partial charge on any atom is 0.416 e. The van der Waals surface area contributed by atoms with E-state index in [1.54, 1.807) is 37.1 Å². The molecule has 1 fully saturated rings. The van der Waals surface area contributed by atoms with Crippen molar-refractivity contribution < 1.29 is 37.0 Å². The molecule has 2 aliphatic rings. The molecule has 42 heavy (non-hydrogen) atoms. The molecule has 1 heterocycles. The monoisotopic (exact) mass is 590 g/mol. The zero-order valence-electron chi connectivity index (χ0n) is 24.2. The number of rotatable bonds is 4. The van der Waals surface area contributed by atoms with Gasteiger partial charge in [-0.15, -0.1) is 0 Å². The summed E-state index contributed by atoms with van der Waals surface area (Å²) in [6.45, 7) is 4.15. The Bertz CT molecular complexity index is 1280. The highest BCUT2D eigenvalue weighted by molar-refractivity contribution is 5.99. The van der Waals surface area contributed by atoms with Gasteiger partial charge in [-0.25, -0.2) is 4.79 Å². The Morgan fingerprint density at radius 1 is 1.00 bits per heavy atom. The fourth-order valence-corrected chi connectivity index (χ4v) is 4.99. The molecule has 12 heteroatoms. The van der Waals surface area contributed by atoms with E-state index in [0.29, 0.717) is 11.3 Å². The number of nitrogens with one attached hydrogen (secondary N) is 2. The molecule has 0 spiro atoms. The van der Waals surface area contributed by atoms with E-state index in [-0.39, 0.29) is 54.8 Å². The number of urea groups is 1. The molecule has 0 unspecified atom stereocenters. The van der Waals surface area contributed by atoms with Crippen LogP contribution in [0, 0.1) is 11.8 Å². The minimum atomic E-state index is -4.49. The molecule has 4 rings (SSSR count). The van der Waals surface area contributed by atoms with Gasteiger partial charge in [0.2, 0.25) is 5.91 Å². The van der Waals surface area contributed by atoms with E-state index >= 15 is 0 Å². The number of fused-ring (bicyclic) bond motifs is 1. The highest BCUT2D eigenvalue weighted by atomic mass is 19.4. The standard InChI is InChI=1S/C30H37F3N4O5/c1-18-15-37(29(40)35-22-10-8-21(9-11-22)30(31,32)33)19(2)17-42-25-14-23(34-27(38)20-6-5-7-20)12-13-24(25)28(39)36(3)16-26(18)41-4/h8-14,18-20,26H,5-7,15-17H2,1-4H3,(H,34,38)(H,35,40)/t18-,19-,26-/m1/s1. The summed E-state index contributed by atoms with van der Waals surface area (Å²) in [5.74, 6) is -0.329. The number of carbonyl (C=O) groups is 3. The second-order valence-corrected chi connectivity index (χ2v) is 11.1. The van der Waals surface area contributed by atoms with Gasteiger partial charge >= 0.3 is 12.2 Å². The first-order valence-electron chi connectivity index (χ1n) is 14.0. The Labute approximate surface area is 243 Å². The zero-order chi connectivity index (χ0) is 30.6. The number of amides is 4. The number of carbonyl (C=O) groups excluding carboxylic acids is 3. The molecule has 0 bridgehead atoms. The van der Waals surface area contributed by atoms with Gasteiger partial charge in [0.25, 0.3) is 5.91 Å². The summed E-state index contributed by atoms with van der Waals surface area (Å²) in [5.41, 5.74) is 0.202. The van der Waals surface area contributed by atoms with Crippen molar-refractivity contribution in [1.82, 2.24) is 9.80 Å². The first-order chi connectivity index (χ1) is 19.9. The number of alkyl halides is 3. The minimum Gasteiger partial charge on any atom is -0.491 e. The van der Waals surface area contributed by atoms with Gasteiger partial charge in [-0.2, -0.15) is 13.2 Å². The average Bonchev–Trinajstić information content (AvgIpc) is 2.91. The van der Waals surface area contributed by atoms with E-state index in [4.69, 9.17) is 9.47 Å². The largest absolute Gasteiger partial charge is 0.491 e. The number of hydrogen-bond donors (Lipinski definition) is 2. The van der Waals surface area contributed by atoms with Crippen LogP contribution in [0.25, 0.3) is 0 Å². The number of likely N-dealkylation sites (N-methyl/N-ethyl adjacent to an activating group) is 1. The predicted molar refractivity (Wildman–Crippen MR) is 151 cm³/mol. The Morgan fingerprint density at radius 2 is 1.67 bits per heavy atom. The summed E-state index contributed by atoms with van der Waals surface area (Å²) in [6, 6.07) is 8.09. The maximum atomic E-state index is 13.4. The molecular formula is C30H37F3N4O5. The van der Waals surface area contributed by atoms with Gasteiger partial charge in [-0.1, -0.05) is 13.3 Å². The van der Waals surface area contributed by atoms with E-state index in [1.807, 2.05) is 6.92 Å². The molecule has 2 aromatic rings. The smallest absolute Gasteiger partial charge is 0.416 e. The second-order valence-electron chi connectivity index (χ2n) is 11.1. The van der Waals surface area contributed by atoms with Crippen molar-refractivity contribution in [2.45, 2.75) is 51.4 Å². The molecule has 1 aliphatic heterocycles. The van der Waals surface area contributed by atoms with E-state index in [9.17, 15) is 27.6 Å². The maximum absolute atomic E-state index is 13.4. The minimum absolute atomic E-state index is 0.00875. The van der Waals surface area contributed by atoms with Gasteiger partial charge in [0, 0.05) is 56.5 Å². The van der Waals surface area contributed by atoms with Crippen molar-refractivity contribution >= 4 is 29.2 Å². The van der Waals surface area contributed by atoms with Crippen LogP contribution >= 0.6 is 0 Å². The highest BCUT2D eigenvalue weighted by Gasteiger charge is 2.32. The molecular weight excluding hydrogens is 553 g/mol. The van der Waals surface area contributed by atoms with Crippen LogP contribution in [0.5, 0.6) is 5.75 Å². The normalized spacial score (nSPS) is 22.2. The van der Waals surface area contributed by atoms with Crippen molar-refractivity contribution in [2.24, 2.45) is 11.8 Å². The number of hydrogen-bond acceptors (Lipinski definition) is 5. The van der Waals surface area contributed by atoms with Crippen LogP contribution in [-0.2, 0) is 15.7 Å². The van der Waals surface area contributed by atoms with Crippen LogP contribution in [0.2, 0.25) is 0 Å². The number of halogens is 3. The van der Waals surface area contributed by atoms with Gasteiger partial charge in [-0.05, 0) is 56.2 Å². The number of anilines is 2. The second kappa shape index (κ2) is 13.0. The molecule has 0 radical (unpaired) electrons. The van der Waals surface area contributed by atoms with Crippen molar-refractivity contribution in [3.63, 3.8) is 0 Å². The van der Waals surface area contributed by atoms with Crippen LogP contribution in [0.4, 0.5) is 29.3 Å². The van der Waals surface area contributed by atoms with Gasteiger partial charge in [0.1, 0.15) is 12.4 Å². The van der Waals surface area contributed by atoms with Gasteiger partial charge in [-0.3, -0.25) is 9.59 Å². The summed E-state index contributed by atoms with van der Waals surface area (Å²) in [7, 11) is 3.19. The molecule has 2 aromatic carbocycles. The molecule has 0 aromatic heterocycles. The topological polar surface area (TPSA) is 100 Å². The molecule has 1 aliphatic carbocycles. The Morgan fingerprint density at radius 3 is 2.26 bits per heavy atom. The van der Waals surface area contributed by atoms with Crippen molar-refractivity contribution in [2.75, 3.05) is 44.5 Å². The Balaban J connectivity index is 1.59. The molecule has 4 amide bonds. The third-order valence-electron chi connectivity index (χ3n) is 7.91. The van der Waals surface area contributed by atoms with E-state index < -0.39 is 29.9 Å². The fraction of sp³-hybridized carbons (Fsp3) is 0.500. The summed E-state index contributed by atoms with van der Waals surface area (Å²) < 4.78 is 50.8. The number of ether oxygens (including phenoxy) is 2. The lowest BCUT2D eigenvalue weighted by Crippen LogP contribution is -2.50. The molecule has 228 valence electrons. The molecule has 0 saturated heterocycles. The molecule has 9 nitrogen and oxygen atoms in total. The average molecular weight is 591 g/mol. The van der Waals surface area contributed by atoms with Gasteiger partial charge in [0.15, 0.2) is 0 Å². The summed E-state index contributed by atoms with van der Waals surface area (Å²) in [4.78, 5) is 42.4. The summed E-state index contributed by atoms with van der Waals surface area (Å²) in [6.07, 6.45) is -2.19. The lowest BCUT2D eigenvalue weighted by atomic mass is 9.85. The van der Waals surface area contributed by atoms with E-state index in [2.05, 4.69) is 10.6 Å². The SMILES string of the molecule is CO[C@@H]1CN(C)C(=O)c2ccc(NC(=O)C3CCC3)cc2OC[C@@H](C)N(C(=O)Nc2ccc(C(F)(F)F)cc2)C[C@H]1C. The lowest BCUT2D eigenvalue weighted by molar-refractivity contribution is -0.137. The van der Waals surface area contributed by atoms with Crippen LogP contribution in [-0.4, -0.2) is 73.6 Å². The summed E-state index contributed by atoms with van der Waals surface area (Å²) >= 11 is 0. The van der Waals surface area contributed by atoms with Crippen molar-refractivity contribution in [3.8, 4) is 5.75 Å². The van der Waals surface area contributed by atoms with Crippen LogP contribution in [0.3, 0.4) is 0 Å². The Hall–Kier alpha value is -3.80. The number of benzene rings is 2. The zero-order valence-corrected chi connectivity index (χ0v) is 24.2. The molecule has 2 N–H and O–H groups in total. The number of methoxy groups -OCH3 is 1. The predicted octanol–water partition coefficient (Wildman–Crippen LogP) is 5.48. The van der Waals surface area contributed by atoms with Crippen LogP contribution in [0.1, 0.15) is 49.0 Å². The first-order valence-corrected chi connectivity index (χ1v) is 14.0. The third kappa shape index (κ3) is 7.33. The van der Waals surface area contributed by atoms with Crippen LogP contribution in [0.15, 0.2) is 42.5 Å². The first kappa shape index (κ1) is 31.1. The molecule has 1 saturated carbocycles. The summed E-state index contributed by atoms with van der Waals surface area (Å²) in [5, 5.41) is 5.58.